The van der Waals surface area contributed by atoms with E-state index in [0.29, 0.717) is 0 Å². The fourth-order valence-electron chi connectivity index (χ4n) is 2.52. The van der Waals surface area contributed by atoms with Crippen molar-refractivity contribution in [2.45, 2.75) is 13.1 Å². The summed E-state index contributed by atoms with van der Waals surface area (Å²) in [7, 11) is 0. The molecule has 0 bridgehead atoms. The highest BCUT2D eigenvalue weighted by Crippen LogP contribution is 2.38. The number of carboxylic acid groups (broad SMARTS) is 1. The molecule has 2 aromatic carbocycles. The SMILES string of the molecule is C=C(/C=C(C(=O)O)\C(O)=C/C)c1ccc(-c2ccc(F)cc2)c(C(F)(F)F)c1. The van der Waals surface area contributed by atoms with Crippen LogP contribution in [0.25, 0.3) is 16.7 Å². The summed E-state index contributed by atoms with van der Waals surface area (Å²) in [6, 6.07) is 7.99. The van der Waals surface area contributed by atoms with E-state index < -0.39 is 34.9 Å². The molecule has 0 saturated heterocycles. The maximum atomic E-state index is 13.6. The van der Waals surface area contributed by atoms with Gasteiger partial charge in [0.15, 0.2) is 0 Å². The number of hydrogen-bond acceptors (Lipinski definition) is 2. The molecule has 2 aromatic rings. The van der Waals surface area contributed by atoms with E-state index >= 15 is 0 Å². The average molecular weight is 392 g/mol. The molecule has 0 heterocycles. The summed E-state index contributed by atoms with van der Waals surface area (Å²) >= 11 is 0. The van der Waals surface area contributed by atoms with Crippen LogP contribution in [0, 0.1) is 5.82 Å². The van der Waals surface area contributed by atoms with E-state index in [1.807, 2.05) is 0 Å². The molecular weight excluding hydrogens is 376 g/mol. The van der Waals surface area contributed by atoms with E-state index in [2.05, 4.69) is 6.58 Å². The highest BCUT2D eigenvalue weighted by molar-refractivity contribution is 5.95. The van der Waals surface area contributed by atoms with E-state index in [-0.39, 0.29) is 22.3 Å². The molecule has 0 fully saturated rings. The summed E-state index contributed by atoms with van der Waals surface area (Å²) in [6.45, 7) is 5.02. The van der Waals surface area contributed by atoms with Crippen molar-refractivity contribution >= 4 is 11.5 Å². The second kappa shape index (κ2) is 8.12. The molecule has 2 rings (SSSR count). The number of carbonyl (C=O) groups is 1. The van der Waals surface area contributed by atoms with Gasteiger partial charge in [0.2, 0.25) is 0 Å². The number of allylic oxidation sites excluding steroid dienone is 3. The first kappa shape index (κ1) is 21.0. The molecule has 0 aliphatic heterocycles. The minimum atomic E-state index is -4.70. The number of alkyl halides is 3. The predicted molar refractivity (Wildman–Crippen MR) is 98.0 cm³/mol. The Balaban J connectivity index is 2.57. The Hall–Kier alpha value is -3.35. The van der Waals surface area contributed by atoms with Gasteiger partial charge in [-0.05, 0) is 59.5 Å². The van der Waals surface area contributed by atoms with Gasteiger partial charge in [-0.15, -0.1) is 0 Å². The predicted octanol–water partition coefficient (Wildman–Crippen LogP) is 6.00. The van der Waals surface area contributed by atoms with Crippen LogP contribution in [0.5, 0.6) is 0 Å². The fourth-order valence-corrected chi connectivity index (χ4v) is 2.52. The van der Waals surface area contributed by atoms with Gasteiger partial charge in [0.05, 0.1) is 5.56 Å². The molecule has 0 atom stereocenters. The van der Waals surface area contributed by atoms with Crippen LogP contribution in [-0.2, 0) is 11.0 Å². The van der Waals surface area contributed by atoms with Gasteiger partial charge in [-0.1, -0.05) is 30.8 Å². The largest absolute Gasteiger partial charge is 0.507 e. The molecule has 0 spiro atoms. The Morgan fingerprint density at radius 2 is 1.68 bits per heavy atom. The maximum absolute atomic E-state index is 13.6. The molecule has 0 aromatic heterocycles. The number of aliphatic carboxylic acids is 1. The van der Waals surface area contributed by atoms with Crippen LogP contribution < -0.4 is 0 Å². The fraction of sp³-hybridized carbons (Fsp3) is 0.0952. The van der Waals surface area contributed by atoms with Gasteiger partial charge < -0.3 is 10.2 Å². The maximum Gasteiger partial charge on any atom is 0.417 e. The Bertz CT molecular complexity index is 968. The number of aliphatic hydroxyl groups excluding tert-OH is 1. The smallest absolute Gasteiger partial charge is 0.417 e. The molecule has 3 nitrogen and oxygen atoms in total. The number of carboxylic acids is 1. The summed E-state index contributed by atoms with van der Waals surface area (Å²) in [5, 5.41) is 18.8. The molecule has 2 N–H and O–H groups in total. The minimum absolute atomic E-state index is 0.0260. The highest BCUT2D eigenvalue weighted by atomic mass is 19.4. The standard InChI is InChI=1S/C21H16F4O3/c1-3-19(26)17(20(27)28)10-12(2)14-6-9-16(18(11-14)21(23,24)25)13-4-7-15(22)8-5-13/h3-11,26H,2H2,1H3,(H,27,28)/b17-10+,19-3+. The van der Waals surface area contributed by atoms with Gasteiger partial charge in [0, 0.05) is 0 Å². The second-order valence-electron chi connectivity index (χ2n) is 5.83. The lowest BCUT2D eigenvalue weighted by Crippen LogP contribution is -2.08. The van der Waals surface area contributed by atoms with Crippen molar-refractivity contribution < 1.29 is 32.6 Å². The topological polar surface area (TPSA) is 57.5 Å². The Morgan fingerprint density at radius 1 is 1.07 bits per heavy atom. The van der Waals surface area contributed by atoms with Gasteiger partial charge in [-0.3, -0.25) is 0 Å². The van der Waals surface area contributed by atoms with Crippen LogP contribution in [0.2, 0.25) is 0 Å². The third-order valence-electron chi connectivity index (χ3n) is 3.95. The molecule has 0 amide bonds. The van der Waals surface area contributed by atoms with E-state index in [1.54, 1.807) is 0 Å². The van der Waals surface area contributed by atoms with Crippen molar-refractivity contribution in [3.8, 4) is 11.1 Å². The highest BCUT2D eigenvalue weighted by Gasteiger charge is 2.34. The normalized spacial score (nSPS) is 12.8. The Morgan fingerprint density at radius 3 is 2.18 bits per heavy atom. The van der Waals surface area contributed by atoms with Crippen molar-refractivity contribution in [2.24, 2.45) is 0 Å². The van der Waals surface area contributed by atoms with E-state index in [9.17, 15) is 27.5 Å². The first-order valence-corrected chi connectivity index (χ1v) is 8.01. The lowest BCUT2D eigenvalue weighted by atomic mass is 9.94. The van der Waals surface area contributed by atoms with Crippen LogP contribution in [0.15, 0.2) is 72.5 Å². The van der Waals surface area contributed by atoms with Crippen molar-refractivity contribution in [3.05, 3.63) is 89.5 Å². The first-order valence-electron chi connectivity index (χ1n) is 8.01. The number of halogens is 4. The van der Waals surface area contributed by atoms with Crippen LogP contribution in [0.1, 0.15) is 18.1 Å². The third-order valence-corrected chi connectivity index (χ3v) is 3.95. The van der Waals surface area contributed by atoms with Gasteiger partial charge in [-0.2, -0.15) is 13.2 Å². The molecule has 0 aliphatic carbocycles. The van der Waals surface area contributed by atoms with Crippen LogP contribution >= 0.6 is 0 Å². The summed E-state index contributed by atoms with van der Waals surface area (Å²) in [5.41, 5.74) is -1.44. The molecule has 146 valence electrons. The number of benzene rings is 2. The van der Waals surface area contributed by atoms with Crippen molar-refractivity contribution in [1.29, 1.82) is 0 Å². The summed E-state index contributed by atoms with van der Waals surface area (Å²) in [6.07, 6.45) is -2.57. The van der Waals surface area contributed by atoms with Crippen molar-refractivity contribution in [3.63, 3.8) is 0 Å². The van der Waals surface area contributed by atoms with Gasteiger partial charge in [0.25, 0.3) is 0 Å². The molecule has 0 aliphatic rings. The molecule has 0 saturated carbocycles. The van der Waals surface area contributed by atoms with Gasteiger partial charge in [-0.25, -0.2) is 9.18 Å². The lowest BCUT2D eigenvalue weighted by molar-refractivity contribution is -0.137. The van der Waals surface area contributed by atoms with Crippen LogP contribution in [-0.4, -0.2) is 16.2 Å². The summed E-state index contributed by atoms with van der Waals surface area (Å²) in [4.78, 5) is 11.2. The van der Waals surface area contributed by atoms with Gasteiger partial charge in [0.1, 0.15) is 17.1 Å². The van der Waals surface area contributed by atoms with E-state index in [4.69, 9.17) is 5.11 Å². The molecule has 0 unspecified atom stereocenters. The molecular formula is C21H16F4O3. The number of rotatable bonds is 5. The third kappa shape index (κ3) is 4.68. The summed E-state index contributed by atoms with van der Waals surface area (Å²) in [5.74, 6) is -2.55. The quantitative estimate of drug-likeness (QED) is 0.284. The first-order chi connectivity index (χ1) is 13.0. The molecule has 7 heteroatoms. The zero-order valence-corrected chi connectivity index (χ0v) is 14.7. The van der Waals surface area contributed by atoms with Crippen molar-refractivity contribution in [2.75, 3.05) is 0 Å². The van der Waals surface area contributed by atoms with Crippen molar-refractivity contribution in [1.82, 2.24) is 0 Å². The van der Waals surface area contributed by atoms with Crippen LogP contribution in [0.3, 0.4) is 0 Å². The molecule has 28 heavy (non-hydrogen) atoms. The lowest BCUT2D eigenvalue weighted by Gasteiger charge is -2.15. The minimum Gasteiger partial charge on any atom is -0.507 e. The van der Waals surface area contributed by atoms with E-state index in [0.717, 1.165) is 30.4 Å². The number of hydrogen-bond donors (Lipinski definition) is 2. The number of aliphatic hydroxyl groups is 1. The summed E-state index contributed by atoms with van der Waals surface area (Å²) < 4.78 is 53.8. The Kier molecular flexibility index (Phi) is 6.08. The van der Waals surface area contributed by atoms with E-state index in [1.165, 1.54) is 31.2 Å². The van der Waals surface area contributed by atoms with Crippen LogP contribution in [0.4, 0.5) is 17.6 Å². The zero-order chi connectivity index (χ0) is 21.1. The zero-order valence-electron chi connectivity index (χ0n) is 14.7. The monoisotopic (exact) mass is 392 g/mol. The second-order valence-corrected chi connectivity index (χ2v) is 5.83. The average Bonchev–Trinajstić information content (AvgIpc) is 2.64. The van der Waals surface area contributed by atoms with Gasteiger partial charge >= 0.3 is 12.1 Å². The molecule has 0 radical (unpaired) electrons. The Labute approximate surface area is 158 Å².